The first kappa shape index (κ1) is 15.5. The molecule has 0 spiro atoms. The first-order chi connectivity index (χ1) is 11.7. The van der Waals surface area contributed by atoms with Crippen LogP contribution in [0.4, 0.5) is 10.1 Å². The molecule has 4 rings (SSSR count). The van der Waals surface area contributed by atoms with Crippen molar-refractivity contribution in [3.8, 4) is 0 Å². The van der Waals surface area contributed by atoms with Crippen molar-refractivity contribution in [2.45, 2.75) is 38.8 Å². The first-order valence-corrected chi connectivity index (χ1v) is 8.86. The van der Waals surface area contributed by atoms with E-state index in [4.69, 9.17) is 0 Å². The molecule has 0 fully saturated rings. The Labute approximate surface area is 147 Å². The van der Waals surface area contributed by atoms with Gasteiger partial charge in [0.15, 0.2) is 0 Å². The molecule has 0 saturated heterocycles. The lowest BCUT2D eigenvalue weighted by Crippen LogP contribution is -2.32. The third-order valence-electron chi connectivity index (χ3n) is 4.48. The predicted molar refractivity (Wildman–Crippen MR) is 94.5 cm³/mol. The highest BCUT2D eigenvalue weighted by molar-refractivity contribution is 9.10. The monoisotopic (exact) mass is 389 g/mol. The number of benzene rings is 1. The predicted octanol–water partition coefficient (Wildman–Crippen LogP) is 3.72. The van der Waals surface area contributed by atoms with Gasteiger partial charge in [0, 0.05) is 48.8 Å². The molecule has 1 unspecified atom stereocenters. The normalized spacial score (nSPS) is 17.0. The third kappa shape index (κ3) is 2.66. The van der Waals surface area contributed by atoms with Crippen LogP contribution >= 0.6 is 15.9 Å². The number of halogens is 2. The van der Waals surface area contributed by atoms with Gasteiger partial charge in [-0.3, -0.25) is 4.98 Å². The Kier molecular flexibility index (Phi) is 3.96. The van der Waals surface area contributed by atoms with Gasteiger partial charge in [0.2, 0.25) is 0 Å². The number of fused-ring (bicyclic) bond motifs is 2. The molecule has 0 saturated carbocycles. The van der Waals surface area contributed by atoms with E-state index in [9.17, 15) is 4.39 Å². The summed E-state index contributed by atoms with van der Waals surface area (Å²) in [7, 11) is 0. The topological polar surface area (TPSA) is 55.6 Å². The molecule has 1 N–H and O–H groups in total. The van der Waals surface area contributed by atoms with Crippen molar-refractivity contribution in [1.82, 2.24) is 19.7 Å². The summed E-state index contributed by atoms with van der Waals surface area (Å²) in [6, 6.07) is 5.46. The van der Waals surface area contributed by atoms with Crippen molar-refractivity contribution in [3.63, 3.8) is 0 Å². The van der Waals surface area contributed by atoms with Gasteiger partial charge in [0.25, 0.3) is 0 Å². The van der Waals surface area contributed by atoms with Gasteiger partial charge in [-0.2, -0.15) is 0 Å². The number of nitrogens with one attached hydrogen (secondary N) is 1. The smallest absolute Gasteiger partial charge is 0.139 e. The maximum absolute atomic E-state index is 13.7. The van der Waals surface area contributed by atoms with Gasteiger partial charge in [-0.05, 0) is 34.5 Å². The number of rotatable bonds is 3. The van der Waals surface area contributed by atoms with Gasteiger partial charge in [-0.25, -0.2) is 4.39 Å². The van der Waals surface area contributed by atoms with Gasteiger partial charge in [0.05, 0.1) is 9.99 Å². The van der Waals surface area contributed by atoms with Gasteiger partial charge in [0.1, 0.15) is 17.5 Å². The number of hydrogen-bond acceptors (Lipinski definition) is 4. The molecule has 7 heteroatoms. The molecule has 1 aliphatic rings. The second-order valence-corrected chi connectivity index (χ2v) is 6.87. The van der Waals surface area contributed by atoms with Crippen LogP contribution in [0.1, 0.15) is 25.0 Å². The van der Waals surface area contributed by atoms with E-state index in [1.54, 1.807) is 12.3 Å². The van der Waals surface area contributed by atoms with Crippen molar-refractivity contribution >= 4 is 32.5 Å². The largest absolute Gasteiger partial charge is 0.380 e. The highest BCUT2D eigenvalue weighted by Gasteiger charge is 2.22. The van der Waals surface area contributed by atoms with Gasteiger partial charge < -0.3 is 9.88 Å². The van der Waals surface area contributed by atoms with E-state index in [-0.39, 0.29) is 11.9 Å². The van der Waals surface area contributed by atoms with Crippen LogP contribution in [0.15, 0.2) is 28.9 Å². The lowest BCUT2D eigenvalue weighted by molar-refractivity contribution is 0.466. The van der Waals surface area contributed by atoms with Crippen molar-refractivity contribution in [3.05, 3.63) is 46.3 Å². The van der Waals surface area contributed by atoms with Gasteiger partial charge in [-0.15, -0.1) is 10.2 Å². The van der Waals surface area contributed by atoms with E-state index in [2.05, 4.69) is 47.9 Å². The Hall–Kier alpha value is -2.02. The Morgan fingerprint density at radius 2 is 2.25 bits per heavy atom. The minimum atomic E-state index is -0.300. The van der Waals surface area contributed by atoms with Crippen molar-refractivity contribution in [2.24, 2.45) is 0 Å². The molecule has 1 aliphatic heterocycles. The summed E-state index contributed by atoms with van der Waals surface area (Å²) < 4.78 is 16.4. The van der Waals surface area contributed by atoms with Crippen molar-refractivity contribution < 1.29 is 4.39 Å². The van der Waals surface area contributed by atoms with E-state index in [1.165, 1.54) is 6.07 Å². The van der Waals surface area contributed by atoms with Crippen LogP contribution in [0.2, 0.25) is 0 Å². The fourth-order valence-electron chi connectivity index (χ4n) is 3.25. The minimum absolute atomic E-state index is 0.285. The average molecular weight is 390 g/mol. The molecule has 0 amide bonds. The second kappa shape index (κ2) is 6.12. The summed E-state index contributed by atoms with van der Waals surface area (Å²) >= 11 is 3.26. The summed E-state index contributed by atoms with van der Waals surface area (Å²) in [5.74, 6) is 1.79. The number of nitrogens with zero attached hydrogens (tertiary/aromatic N) is 4. The Balaban J connectivity index is 1.64. The lowest BCUT2D eigenvalue weighted by atomic mass is 10.1. The summed E-state index contributed by atoms with van der Waals surface area (Å²) in [5, 5.41) is 13.0. The molecule has 5 nitrogen and oxygen atoms in total. The quantitative estimate of drug-likeness (QED) is 0.741. The van der Waals surface area contributed by atoms with E-state index >= 15 is 0 Å². The summed E-state index contributed by atoms with van der Waals surface area (Å²) in [5.41, 5.74) is 1.62. The number of hydrogen-bond donors (Lipinski definition) is 1. The zero-order chi connectivity index (χ0) is 16.7. The van der Waals surface area contributed by atoms with Crippen molar-refractivity contribution in [1.29, 1.82) is 0 Å². The zero-order valence-electron chi connectivity index (χ0n) is 13.3. The minimum Gasteiger partial charge on any atom is -0.380 e. The van der Waals surface area contributed by atoms with Crippen LogP contribution in [-0.4, -0.2) is 25.8 Å². The van der Waals surface area contributed by atoms with Crippen LogP contribution in [0.5, 0.6) is 0 Å². The highest BCUT2D eigenvalue weighted by atomic mass is 79.9. The van der Waals surface area contributed by atoms with Gasteiger partial charge >= 0.3 is 0 Å². The second-order valence-electron chi connectivity index (χ2n) is 6.02. The molecule has 124 valence electrons. The molecule has 1 atom stereocenters. The van der Waals surface area contributed by atoms with Crippen LogP contribution in [0.3, 0.4) is 0 Å². The summed E-state index contributed by atoms with van der Waals surface area (Å²) in [6.45, 7) is 2.94. The third-order valence-corrected chi connectivity index (χ3v) is 5.09. The molecule has 3 aromatic rings. The molecular weight excluding hydrogens is 373 g/mol. The molecule has 1 aromatic carbocycles. The van der Waals surface area contributed by atoms with Crippen LogP contribution in [0, 0.1) is 5.82 Å². The Bertz CT molecular complexity index is 894. The average Bonchev–Trinajstić information content (AvgIpc) is 2.99. The molecular formula is C17H17BrFN5. The molecule has 0 bridgehead atoms. The summed E-state index contributed by atoms with van der Waals surface area (Å²) in [4.78, 5) is 4.27. The van der Waals surface area contributed by atoms with E-state index < -0.39 is 0 Å². The van der Waals surface area contributed by atoms with Crippen LogP contribution in [0.25, 0.3) is 10.9 Å². The molecule has 24 heavy (non-hydrogen) atoms. The fourth-order valence-corrected chi connectivity index (χ4v) is 3.59. The summed E-state index contributed by atoms with van der Waals surface area (Å²) in [6.07, 6.45) is 4.49. The maximum Gasteiger partial charge on any atom is 0.139 e. The standard InChI is InChI=1S/C17H17BrFN5/c1-2-16-22-23-17-4-3-10(9-24(16)17)21-14-5-6-20-15-8-13(19)12(18)7-11(14)15/h5-8,10H,2-4,9H2,1H3,(H,20,21). The molecule has 2 aromatic heterocycles. The van der Waals surface area contributed by atoms with E-state index in [1.807, 2.05) is 6.07 Å². The lowest BCUT2D eigenvalue weighted by Gasteiger charge is -2.26. The first-order valence-electron chi connectivity index (χ1n) is 8.07. The van der Waals surface area contributed by atoms with E-state index in [0.29, 0.717) is 9.99 Å². The zero-order valence-corrected chi connectivity index (χ0v) is 14.8. The Morgan fingerprint density at radius 1 is 1.38 bits per heavy atom. The van der Waals surface area contributed by atoms with Crippen LogP contribution < -0.4 is 5.32 Å². The highest BCUT2D eigenvalue weighted by Crippen LogP contribution is 2.29. The fraction of sp³-hybridized carbons (Fsp3) is 0.353. The molecule has 3 heterocycles. The number of aryl methyl sites for hydroxylation is 2. The van der Waals surface area contributed by atoms with Crippen molar-refractivity contribution in [2.75, 3.05) is 5.32 Å². The molecule has 0 aliphatic carbocycles. The van der Waals surface area contributed by atoms with Crippen LogP contribution in [-0.2, 0) is 19.4 Å². The van der Waals surface area contributed by atoms with Gasteiger partial charge in [-0.1, -0.05) is 6.92 Å². The SMILES string of the molecule is CCc1nnc2n1CC(Nc1ccnc3cc(F)c(Br)cc13)CC2. The maximum atomic E-state index is 13.7. The number of pyridine rings is 1. The number of anilines is 1. The molecule has 0 radical (unpaired) electrons. The Morgan fingerprint density at radius 3 is 3.08 bits per heavy atom. The van der Waals surface area contributed by atoms with E-state index in [0.717, 1.165) is 48.5 Å². The number of aromatic nitrogens is 4.